The van der Waals surface area contributed by atoms with Crippen LogP contribution in [0.1, 0.15) is 18.4 Å². The molecule has 0 aliphatic heterocycles. The second-order valence-electron chi connectivity index (χ2n) is 3.26. The lowest BCUT2D eigenvalue weighted by atomic mass is 10.1. The minimum absolute atomic E-state index is 0.311. The quantitative estimate of drug-likeness (QED) is 0.676. The number of nitrogens with two attached hydrogens (primary N) is 1. The highest BCUT2D eigenvalue weighted by Gasteiger charge is 2.15. The molecular formula is C10H12N2O. The molecule has 1 unspecified atom stereocenters. The zero-order valence-electron chi connectivity index (χ0n) is 7.27. The summed E-state index contributed by atoms with van der Waals surface area (Å²) in [7, 11) is 0. The van der Waals surface area contributed by atoms with Crippen molar-refractivity contribution in [2.75, 3.05) is 5.73 Å². The lowest BCUT2D eigenvalue weighted by Gasteiger charge is -2.03. The molecule has 0 radical (unpaired) electrons. The number of pyridine rings is 1. The van der Waals surface area contributed by atoms with Crippen molar-refractivity contribution >= 4 is 11.3 Å². The van der Waals surface area contributed by atoms with Crippen molar-refractivity contribution in [2.24, 2.45) is 0 Å². The Balaban J connectivity index is 2.36. The molecule has 1 aliphatic rings. The lowest BCUT2D eigenvalue weighted by Crippen LogP contribution is -1.93. The summed E-state index contributed by atoms with van der Waals surface area (Å²) in [6, 6.07) is 1.78. The van der Waals surface area contributed by atoms with Crippen molar-refractivity contribution in [3.8, 4) is 0 Å². The summed E-state index contributed by atoms with van der Waals surface area (Å²) in [6.45, 7) is 0. The number of nitrogens with zero attached hydrogens (tertiary/aromatic N) is 1. The number of aliphatic hydroxyl groups excluding tert-OH is 1. The molecule has 1 aromatic rings. The molecule has 0 fully saturated rings. The number of anilines is 1. The Morgan fingerprint density at radius 2 is 2.38 bits per heavy atom. The summed E-state index contributed by atoms with van der Waals surface area (Å²) in [5.41, 5.74) is 8.58. The van der Waals surface area contributed by atoms with E-state index < -0.39 is 0 Å². The number of allylic oxidation sites excluding steroid dienone is 1. The van der Waals surface area contributed by atoms with Crippen molar-refractivity contribution in [1.82, 2.24) is 4.98 Å². The van der Waals surface area contributed by atoms with Gasteiger partial charge in [0.1, 0.15) is 0 Å². The monoisotopic (exact) mass is 176 g/mol. The van der Waals surface area contributed by atoms with Gasteiger partial charge in [-0.25, -0.2) is 0 Å². The molecule has 68 valence electrons. The van der Waals surface area contributed by atoms with E-state index in [1.165, 1.54) is 0 Å². The number of aromatic nitrogens is 1. The van der Waals surface area contributed by atoms with E-state index in [1.807, 2.05) is 6.08 Å². The van der Waals surface area contributed by atoms with Crippen LogP contribution in [0, 0.1) is 0 Å². The van der Waals surface area contributed by atoms with Crippen LogP contribution in [0.2, 0.25) is 0 Å². The maximum absolute atomic E-state index is 9.31. The Hall–Kier alpha value is -1.35. The van der Waals surface area contributed by atoms with E-state index in [1.54, 1.807) is 18.5 Å². The van der Waals surface area contributed by atoms with Crippen LogP contribution in [-0.4, -0.2) is 16.2 Å². The van der Waals surface area contributed by atoms with E-state index in [-0.39, 0.29) is 6.10 Å². The molecular weight excluding hydrogens is 164 g/mol. The molecule has 0 saturated heterocycles. The summed E-state index contributed by atoms with van der Waals surface area (Å²) >= 11 is 0. The standard InChI is InChI=1S/C10H12N2O/c11-10-3-4-12-6-9(10)7-1-2-8(13)5-7/h3-6,8,13H,1-2H2,(H2,11,12). The van der Waals surface area contributed by atoms with Crippen molar-refractivity contribution in [2.45, 2.75) is 18.9 Å². The zero-order chi connectivity index (χ0) is 9.26. The molecule has 3 N–H and O–H groups in total. The largest absolute Gasteiger partial charge is 0.398 e. The molecule has 0 amide bonds. The topological polar surface area (TPSA) is 59.1 Å². The van der Waals surface area contributed by atoms with Crippen LogP contribution in [0.5, 0.6) is 0 Å². The average Bonchev–Trinajstić information content (AvgIpc) is 2.53. The maximum atomic E-state index is 9.31. The number of hydrogen-bond donors (Lipinski definition) is 2. The fourth-order valence-corrected chi connectivity index (χ4v) is 1.60. The minimum atomic E-state index is -0.311. The predicted molar refractivity (Wildman–Crippen MR) is 51.9 cm³/mol. The average molecular weight is 176 g/mol. The van der Waals surface area contributed by atoms with Gasteiger partial charge in [0.05, 0.1) is 6.10 Å². The third-order valence-electron chi connectivity index (χ3n) is 2.30. The van der Waals surface area contributed by atoms with Gasteiger partial charge in [-0.05, 0) is 24.5 Å². The van der Waals surface area contributed by atoms with E-state index >= 15 is 0 Å². The molecule has 13 heavy (non-hydrogen) atoms. The van der Waals surface area contributed by atoms with Gasteiger partial charge in [0, 0.05) is 23.6 Å². The smallest absolute Gasteiger partial charge is 0.0730 e. The maximum Gasteiger partial charge on any atom is 0.0730 e. The van der Waals surface area contributed by atoms with Crippen LogP contribution in [0.15, 0.2) is 24.5 Å². The number of hydrogen-bond acceptors (Lipinski definition) is 3. The molecule has 0 spiro atoms. The molecule has 1 atom stereocenters. The van der Waals surface area contributed by atoms with Crippen LogP contribution in [0.3, 0.4) is 0 Å². The fourth-order valence-electron chi connectivity index (χ4n) is 1.60. The second-order valence-corrected chi connectivity index (χ2v) is 3.26. The molecule has 0 bridgehead atoms. The summed E-state index contributed by atoms with van der Waals surface area (Å²) in [5.74, 6) is 0. The normalized spacial score (nSPS) is 21.6. The SMILES string of the molecule is Nc1ccncc1C1=CC(O)CC1. The Morgan fingerprint density at radius 1 is 1.54 bits per heavy atom. The van der Waals surface area contributed by atoms with Crippen LogP contribution < -0.4 is 5.73 Å². The van der Waals surface area contributed by atoms with Crippen molar-refractivity contribution in [3.05, 3.63) is 30.1 Å². The second kappa shape index (κ2) is 3.18. The number of aliphatic hydroxyl groups is 1. The minimum Gasteiger partial charge on any atom is -0.398 e. The summed E-state index contributed by atoms with van der Waals surface area (Å²) in [4.78, 5) is 4.01. The van der Waals surface area contributed by atoms with Crippen LogP contribution >= 0.6 is 0 Å². The van der Waals surface area contributed by atoms with Gasteiger partial charge in [-0.2, -0.15) is 0 Å². The third-order valence-corrected chi connectivity index (χ3v) is 2.30. The molecule has 1 heterocycles. The van der Waals surface area contributed by atoms with Crippen LogP contribution in [0.25, 0.3) is 5.57 Å². The lowest BCUT2D eigenvalue weighted by molar-refractivity contribution is 0.223. The summed E-state index contributed by atoms with van der Waals surface area (Å²) in [6.07, 6.45) is 6.65. The highest BCUT2D eigenvalue weighted by Crippen LogP contribution is 2.30. The van der Waals surface area contributed by atoms with E-state index in [2.05, 4.69) is 4.98 Å². The zero-order valence-corrected chi connectivity index (χ0v) is 7.27. The van der Waals surface area contributed by atoms with Gasteiger partial charge in [0.2, 0.25) is 0 Å². The van der Waals surface area contributed by atoms with Gasteiger partial charge < -0.3 is 10.8 Å². The van der Waals surface area contributed by atoms with E-state index in [9.17, 15) is 5.11 Å². The Morgan fingerprint density at radius 3 is 3.00 bits per heavy atom. The van der Waals surface area contributed by atoms with Crippen LogP contribution in [-0.2, 0) is 0 Å². The highest BCUT2D eigenvalue weighted by atomic mass is 16.3. The van der Waals surface area contributed by atoms with Crippen molar-refractivity contribution in [1.29, 1.82) is 0 Å². The molecule has 1 aliphatic carbocycles. The summed E-state index contributed by atoms with van der Waals surface area (Å²) in [5, 5.41) is 9.31. The molecule has 3 heteroatoms. The molecule has 3 nitrogen and oxygen atoms in total. The Kier molecular flexibility index (Phi) is 2.02. The van der Waals surface area contributed by atoms with E-state index in [0.717, 1.165) is 29.7 Å². The molecule has 1 aromatic heterocycles. The Bertz CT molecular complexity index is 347. The molecule has 2 rings (SSSR count). The first-order valence-corrected chi connectivity index (χ1v) is 4.36. The van der Waals surface area contributed by atoms with Gasteiger partial charge in [0.25, 0.3) is 0 Å². The number of nitrogen functional groups attached to an aromatic ring is 1. The fraction of sp³-hybridized carbons (Fsp3) is 0.300. The van der Waals surface area contributed by atoms with Gasteiger partial charge >= 0.3 is 0 Å². The molecule has 0 saturated carbocycles. The number of rotatable bonds is 1. The van der Waals surface area contributed by atoms with Gasteiger partial charge in [-0.1, -0.05) is 6.08 Å². The highest BCUT2D eigenvalue weighted by molar-refractivity contribution is 5.75. The van der Waals surface area contributed by atoms with E-state index in [4.69, 9.17) is 5.73 Å². The Labute approximate surface area is 76.9 Å². The predicted octanol–water partition coefficient (Wildman–Crippen LogP) is 1.20. The van der Waals surface area contributed by atoms with Gasteiger partial charge in [0.15, 0.2) is 0 Å². The summed E-state index contributed by atoms with van der Waals surface area (Å²) < 4.78 is 0. The van der Waals surface area contributed by atoms with Crippen LogP contribution in [0.4, 0.5) is 5.69 Å². The van der Waals surface area contributed by atoms with Crippen molar-refractivity contribution in [3.63, 3.8) is 0 Å². The van der Waals surface area contributed by atoms with Gasteiger partial charge in [-0.15, -0.1) is 0 Å². The van der Waals surface area contributed by atoms with Crippen molar-refractivity contribution < 1.29 is 5.11 Å². The first kappa shape index (κ1) is 8.26. The van der Waals surface area contributed by atoms with E-state index in [0.29, 0.717) is 0 Å². The first-order valence-electron chi connectivity index (χ1n) is 4.36. The van der Waals surface area contributed by atoms with Gasteiger partial charge in [-0.3, -0.25) is 4.98 Å². The first-order chi connectivity index (χ1) is 6.27. The third kappa shape index (κ3) is 1.55. The molecule has 0 aromatic carbocycles.